The van der Waals surface area contributed by atoms with Gasteiger partial charge in [-0.05, 0) is 31.8 Å². The van der Waals surface area contributed by atoms with Gasteiger partial charge >= 0.3 is 6.18 Å². The molecule has 150 valence electrons. The number of carbonyl (C=O) groups is 1. The van der Waals surface area contributed by atoms with Crippen molar-refractivity contribution in [1.82, 2.24) is 19.4 Å². The number of piperidine rings is 1. The van der Waals surface area contributed by atoms with E-state index in [1.165, 1.54) is 4.57 Å². The summed E-state index contributed by atoms with van der Waals surface area (Å²) in [6.07, 6.45) is -1.95. The largest absolute Gasteiger partial charge is 0.433 e. The highest BCUT2D eigenvalue weighted by molar-refractivity contribution is 5.77. The van der Waals surface area contributed by atoms with Gasteiger partial charge in [0.15, 0.2) is 5.69 Å². The van der Waals surface area contributed by atoms with Gasteiger partial charge in [-0.3, -0.25) is 14.2 Å². The molecule has 0 saturated carbocycles. The molecule has 0 radical (unpaired) electrons. The molecule has 0 spiro atoms. The van der Waals surface area contributed by atoms with Crippen molar-refractivity contribution in [2.24, 2.45) is 5.92 Å². The number of likely N-dealkylation sites (tertiary alicyclic amines) is 1. The predicted octanol–water partition coefficient (Wildman–Crippen LogP) is 0.831. The minimum Gasteiger partial charge on any atom is -0.365 e. The lowest BCUT2D eigenvalue weighted by Gasteiger charge is -2.37. The molecule has 27 heavy (non-hydrogen) atoms. The SMILES string of the molecule is CN1CC(CN2CCC(Cn3cnc(C(F)(F)F)cc3=O)CC2)OCC1=O. The Morgan fingerprint density at radius 2 is 1.93 bits per heavy atom. The zero-order valence-corrected chi connectivity index (χ0v) is 15.1. The first kappa shape index (κ1) is 19.8. The topological polar surface area (TPSA) is 67.7 Å². The van der Waals surface area contributed by atoms with E-state index in [0.29, 0.717) is 19.2 Å². The van der Waals surface area contributed by atoms with Crippen molar-refractivity contribution in [2.45, 2.75) is 31.7 Å². The molecule has 2 saturated heterocycles. The highest BCUT2D eigenvalue weighted by Crippen LogP contribution is 2.26. The Morgan fingerprint density at radius 3 is 2.52 bits per heavy atom. The molecule has 2 aliphatic heterocycles. The zero-order valence-electron chi connectivity index (χ0n) is 15.1. The summed E-state index contributed by atoms with van der Waals surface area (Å²) in [7, 11) is 1.76. The van der Waals surface area contributed by atoms with Crippen LogP contribution in [-0.2, 0) is 22.3 Å². The molecule has 1 aromatic heterocycles. The number of hydrogen-bond donors (Lipinski definition) is 0. The molecule has 2 fully saturated rings. The summed E-state index contributed by atoms with van der Waals surface area (Å²) in [6, 6.07) is 0.549. The van der Waals surface area contributed by atoms with Crippen LogP contribution >= 0.6 is 0 Å². The molecule has 3 rings (SSSR count). The molecule has 0 N–H and O–H groups in total. The van der Waals surface area contributed by atoms with Crippen molar-refractivity contribution in [2.75, 3.05) is 39.8 Å². The van der Waals surface area contributed by atoms with Crippen molar-refractivity contribution in [3.8, 4) is 0 Å². The molecular weight excluding hydrogens is 365 g/mol. The summed E-state index contributed by atoms with van der Waals surface area (Å²) in [5.41, 5.74) is -1.84. The van der Waals surface area contributed by atoms with E-state index in [-0.39, 0.29) is 24.5 Å². The average molecular weight is 388 g/mol. The lowest BCUT2D eigenvalue weighted by molar-refractivity contribution is -0.148. The molecule has 2 aliphatic rings. The summed E-state index contributed by atoms with van der Waals surface area (Å²) < 4.78 is 44.6. The van der Waals surface area contributed by atoms with Crippen molar-refractivity contribution >= 4 is 5.91 Å². The van der Waals surface area contributed by atoms with Gasteiger partial charge in [0.2, 0.25) is 5.91 Å². The Hall–Kier alpha value is -1.94. The van der Waals surface area contributed by atoms with Crippen LogP contribution < -0.4 is 5.56 Å². The summed E-state index contributed by atoms with van der Waals surface area (Å²) >= 11 is 0. The van der Waals surface area contributed by atoms with Gasteiger partial charge in [-0.1, -0.05) is 0 Å². The monoisotopic (exact) mass is 388 g/mol. The fraction of sp³-hybridized carbons (Fsp3) is 0.706. The molecule has 10 heteroatoms. The number of hydrogen-bond acceptors (Lipinski definition) is 5. The number of likely N-dealkylation sites (N-methyl/N-ethyl adjacent to an activating group) is 1. The summed E-state index contributed by atoms with van der Waals surface area (Å²) in [5, 5.41) is 0. The van der Waals surface area contributed by atoms with Gasteiger partial charge in [-0.25, -0.2) is 4.98 Å². The Balaban J connectivity index is 1.48. The van der Waals surface area contributed by atoms with E-state index in [9.17, 15) is 22.8 Å². The van der Waals surface area contributed by atoms with Crippen LogP contribution in [0, 0.1) is 5.92 Å². The Labute approximate surface area is 154 Å². The van der Waals surface area contributed by atoms with Crippen LogP contribution in [-0.4, -0.2) is 71.2 Å². The molecule has 1 atom stereocenters. The lowest BCUT2D eigenvalue weighted by Crippen LogP contribution is -2.50. The molecule has 0 bridgehead atoms. The molecule has 3 heterocycles. The van der Waals surface area contributed by atoms with Gasteiger partial charge in [0, 0.05) is 32.7 Å². The van der Waals surface area contributed by atoms with Gasteiger partial charge in [0.25, 0.3) is 5.56 Å². The first-order valence-corrected chi connectivity index (χ1v) is 8.94. The first-order chi connectivity index (χ1) is 12.7. The van der Waals surface area contributed by atoms with Crippen LogP contribution in [0.4, 0.5) is 13.2 Å². The van der Waals surface area contributed by atoms with Crippen LogP contribution in [0.15, 0.2) is 17.2 Å². The molecule has 1 aromatic rings. The Kier molecular flexibility index (Phi) is 5.85. The Bertz CT molecular complexity index is 729. The van der Waals surface area contributed by atoms with Gasteiger partial charge in [-0.2, -0.15) is 13.2 Å². The minimum atomic E-state index is -4.61. The van der Waals surface area contributed by atoms with Gasteiger partial charge in [0.1, 0.15) is 6.61 Å². The highest BCUT2D eigenvalue weighted by Gasteiger charge is 2.33. The molecular formula is C17H23F3N4O3. The van der Waals surface area contributed by atoms with Crippen molar-refractivity contribution in [3.63, 3.8) is 0 Å². The third-order valence-electron chi connectivity index (χ3n) is 5.14. The number of rotatable bonds is 4. The quantitative estimate of drug-likeness (QED) is 0.765. The minimum absolute atomic E-state index is 0.00835. The van der Waals surface area contributed by atoms with E-state index in [1.54, 1.807) is 11.9 Å². The second-order valence-corrected chi connectivity index (χ2v) is 7.21. The number of halogens is 3. The first-order valence-electron chi connectivity index (χ1n) is 8.94. The summed E-state index contributed by atoms with van der Waals surface area (Å²) in [5.74, 6) is 0.203. The van der Waals surface area contributed by atoms with Crippen molar-refractivity contribution in [1.29, 1.82) is 0 Å². The van der Waals surface area contributed by atoms with E-state index >= 15 is 0 Å². The van der Waals surface area contributed by atoms with Gasteiger partial charge in [-0.15, -0.1) is 0 Å². The van der Waals surface area contributed by atoms with Crippen LogP contribution in [0.5, 0.6) is 0 Å². The lowest BCUT2D eigenvalue weighted by atomic mass is 9.96. The maximum Gasteiger partial charge on any atom is 0.433 e. The second-order valence-electron chi connectivity index (χ2n) is 7.21. The van der Waals surface area contributed by atoms with E-state index in [4.69, 9.17) is 4.74 Å². The third-order valence-corrected chi connectivity index (χ3v) is 5.14. The molecule has 0 aliphatic carbocycles. The van der Waals surface area contributed by atoms with Crippen LogP contribution in [0.1, 0.15) is 18.5 Å². The Morgan fingerprint density at radius 1 is 1.22 bits per heavy atom. The second kappa shape index (κ2) is 7.97. The van der Waals surface area contributed by atoms with Crippen LogP contribution in [0.2, 0.25) is 0 Å². The standard InChI is InChI=1S/C17H23F3N4O3/c1-22-8-13(27-10-16(22)26)9-23-4-2-12(3-5-23)7-24-11-21-14(6-15(24)25)17(18,19)20/h6,11-13H,2-5,7-10H2,1H3. The van der Waals surface area contributed by atoms with E-state index < -0.39 is 17.4 Å². The molecule has 1 unspecified atom stereocenters. The van der Waals surface area contributed by atoms with Gasteiger partial charge < -0.3 is 14.5 Å². The van der Waals surface area contributed by atoms with Crippen LogP contribution in [0.3, 0.4) is 0 Å². The smallest absolute Gasteiger partial charge is 0.365 e. The van der Waals surface area contributed by atoms with Gasteiger partial charge in [0.05, 0.1) is 12.4 Å². The number of nitrogens with zero attached hydrogens (tertiary/aromatic N) is 4. The van der Waals surface area contributed by atoms with Crippen molar-refractivity contribution < 1.29 is 22.7 Å². The van der Waals surface area contributed by atoms with E-state index in [0.717, 1.165) is 38.8 Å². The molecule has 0 aromatic carbocycles. The zero-order chi connectivity index (χ0) is 19.6. The number of ether oxygens (including phenoxy) is 1. The number of alkyl halides is 3. The third kappa shape index (κ3) is 5.07. The maximum atomic E-state index is 12.6. The molecule has 1 amide bonds. The number of carbonyl (C=O) groups excluding carboxylic acids is 1. The number of aromatic nitrogens is 2. The predicted molar refractivity (Wildman–Crippen MR) is 90.0 cm³/mol. The number of amides is 1. The highest BCUT2D eigenvalue weighted by atomic mass is 19.4. The normalized spacial score (nSPS) is 23.0. The molecule has 7 nitrogen and oxygen atoms in total. The van der Waals surface area contributed by atoms with E-state index in [1.807, 2.05) is 0 Å². The summed E-state index contributed by atoms with van der Waals surface area (Å²) in [6.45, 7) is 3.45. The van der Waals surface area contributed by atoms with Crippen LogP contribution in [0.25, 0.3) is 0 Å². The number of morpholine rings is 1. The fourth-order valence-corrected chi connectivity index (χ4v) is 3.51. The fourth-order valence-electron chi connectivity index (χ4n) is 3.51. The van der Waals surface area contributed by atoms with Crippen molar-refractivity contribution in [3.05, 3.63) is 28.4 Å². The summed E-state index contributed by atoms with van der Waals surface area (Å²) in [4.78, 5) is 30.6. The van der Waals surface area contributed by atoms with E-state index in [2.05, 4.69) is 9.88 Å². The average Bonchev–Trinajstić information content (AvgIpc) is 2.61. The maximum absolute atomic E-state index is 12.6.